The predicted octanol–water partition coefficient (Wildman–Crippen LogP) is 4.62. The van der Waals surface area contributed by atoms with E-state index in [-0.39, 0.29) is 36.3 Å². The van der Waals surface area contributed by atoms with Gasteiger partial charge in [0, 0.05) is 25.0 Å². The fourth-order valence-electron chi connectivity index (χ4n) is 6.64. The second-order valence-electron chi connectivity index (χ2n) is 14.8. The topological polar surface area (TPSA) is 121 Å². The Bertz CT molecular complexity index is 1100. The molecule has 12 heteroatoms. The van der Waals surface area contributed by atoms with E-state index in [0.717, 1.165) is 6.92 Å². The molecule has 1 saturated heterocycles. The van der Waals surface area contributed by atoms with Crippen LogP contribution in [0.15, 0.2) is 11.6 Å². The number of hydrogen-bond donors (Lipinski definition) is 1. The van der Waals surface area contributed by atoms with Crippen LogP contribution in [0.3, 0.4) is 0 Å². The number of ether oxygens (including phenoxy) is 4. The number of halogens is 1. The van der Waals surface area contributed by atoms with E-state index >= 15 is 4.39 Å². The normalized spacial score (nSPS) is 42.6. The number of cyclic esters (lactones) is 1. The number of rotatable bonds is 7. The summed E-state index contributed by atoms with van der Waals surface area (Å²) in [6.45, 7) is 18.5. The van der Waals surface area contributed by atoms with Crippen molar-refractivity contribution in [2.75, 3.05) is 21.2 Å². The fraction of sp³-hybridized carbons (Fsp3) is 0.848. The first-order valence-electron chi connectivity index (χ1n) is 16.0. The van der Waals surface area contributed by atoms with Gasteiger partial charge in [-0.25, -0.2) is 9.18 Å². The number of methoxy groups -OCH3 is 1. The van der Waals surface area contributed by atoms with Gasteiger partial charge in [-0.3, -0.25) is 9.59 Å². The lowest BCUT2D eigenvalue weighted by molar-refractivity contribution is -0.292. The van der Waals surface area contributed by atoms with Gasteiger partial charge in [-0.2, -0.15) is 0 Å². The smallest absolute Gasteiger partial charge is 0.351 e. The van der Waals surface area contributed by atoms with Gasteiger partial charge in [0.1, 0.15) is 17.8 Å². The van der Waals surface area contributed by atoms with E-state index in [1.165, 1.54) is 27.0 Å². The van der Waals surface area contributed by atoms with Crippen molar-refractivity contribution in [2.45, 2.75) is 148 Å². The van der Waals surface area contributed by atoms with Crippen LogP contribution >= 0.6 is 0 Å². The number of hydrogen-bond acceptors (Lipinski definition) is 10. The summed E-state index contributed by atoms with van der Waals surface area (Å²) in [7, 11) is 3.20. The Labute approximate surface area is 270 Å². The molecule has 0 aromatic carbocycles. The zero-order valence-electron chi connectivity index (χ0n) is 29.9. The lowest BCUT2D eigenvalue weighted by atomic mass is 9.76. The number of nitrogens with zero attached hydrogens (tertiary/aromatic N) is 1. The van der Waals surface area contributed by atoms with Crippen molar-refractivity contribution >= 4 is 25.9 Å². The number of ketones is 2. The zero-order valence-corrected chi connectivity index (χ0v) is 30.9. The highest BCUT2D eigenvalue weighted by Gasteiger charge is 2.55. The lowest BCUT2D eigenvalue weighted by Crippen LogP contribution is -2.62. The Morgan fingerprint density at radius 3 is 2.18 bits per heavy atom. The summed E-state index contributed by atoms with van der Waals surface area (Å²) in [5, 5.41) is 11.2. The molecule has 0 spiro atoms. The molecule has 0 aromatic rings. The van der Waals surface area contributed by atoms with Crippen molar-refractivity contribution in [3.05, 3.63) is 11.6 Å². The van der Waals surface area contributed by atoms with Crippen molar-refractivity contribution in [3.8, 4) is 0 Å². The molecule has 0 unspecified atom stereocenters. The SMILES string of the molecule is CC[C@H]1OC(=O)[C@@](C)(F)C(=O)[C@H](C)[C@@H](O[C@@H]2O[C@H](C)C[C@H](N(C)C)[C@H]2O[Si](C)(C)C)[C@](C)(OC)C[C@@H](C)C(=O)/C(C)=C/[C@]1(C)O. The van der Waals surface area contributed by atoms with Crippen LogP contribution < -0.4 is 0 Å². The van der Waals surface area contributed by atoms with Crippen LogP contribution in [0.2, 0.25) is 19.6 Å². The standard InChI is InChI=1S/C33H58FNO9Si/c1-15-24-31(6,39)17-19(2)25(36)20(3)18-32(7,40-11)28(22(5)27(37)33(8,34)30(38)42-24)43-29-26(44-45(12,13)14)23(35(9)10)16-21(4)41-29/h17,20-24,26,28-29,39H,15-16,18H2,1-14H3/b19-17+/t20-,21-,22+,23+,24-,26-,28-,29+,31+,32-,33+/m1/s1. The van der Waals surface area contributed by atoms with Crippen molar-refractivity contribution < 1.29 is 47.3 Å². The van der Waals surface area contributed by atoms with Gasteiger partial charge in [0.2, 0.25) is 0 Å². The minimum atomic E-state index is -3.08. The molecule has 11 atom stereocenters. The molecule has 0 amide bonds. The highest BCUT2D eigenvalue weighted by atomic mass is 28.4. The summed E-state index contributed by atoms with van der Waals surface area (Å²) in [5.74, 6) is -4.67. The first-order chi connectivity index (χ1) is 20.4. The van der Waals surface area contributed by atoms with Gasteiger partial charge in [-0.15, -0.1) is 0 Å². The molecule has 0 radical (unpaired) electrons. The van der Waals surface area contributed by atoms with Crippen molar-refractivity contribution in [1.82, 2.24) is 4.90 Å². The predicted molar refractivity (Wildman–Crippen MR) is 172 cm³/mol. The fourth-order valence-corrected chi connectivity index (χ4v) is 7.72. The number of carbonyl (C=O) groups is 3. The number of likely N-dealkylation sites (N-methyl/N-ethyl adjacent to an activating group) is 1. The van der Waals surface area contributed by atoms with Crippen LogP contribution in [0.5, 0.6) is 0 Å². The summed E-state index contributed by atoms with van der Waals surface area (Å²) in [6.07, 6.45) is -1.91. The molecular formula is C33H58FNO9Si. The maximum atomic E-state index is 16.4. The molecule has 45 heavy (non-hydrogen) atoms. The molecule has 1 N–H and O–H groups in total. The van der Waals surface area contributed by atoms with E-state index in [1.807, 2.05) is 21.0 Å². The Morgan fingerprint density at radius 1 is 1.11 bits per heavy atom. The Morgan fingerprint density at radius 2 is 1.69 bits per heavy atom. The average Bonchev–Trinajstić information content (AvgIpc) is 2.92. The Kier molecular flexibility index (Phi) is 12.9. The molecule has 2 rings (SSSR count). The first-order valence-corrected chi connectivity index (χ1v) is 19.4. The highest BCUT2D eigenvalue weighted by molar-refractivity contribution is 6.69. The molecular weight excluding hydrogens is 601 g/mol. The zero-order chi connectivity index (χ0) is 34.9. The summed E-state index contributed by atoms with van der Waals surface area (Å²) in [6, 6.07) is -0.0859. The van der Waals surface area contributed by atoms with Gasteiger partial charge >= 0.3 is 5.97 Å². The Hall–Kier alpha value is -1.54. The summed E-state index contributed by atoms with van der Waals surface area (Å²) in [5.41, 5.74) is -5.95. The quantitative estimate of drug-likeness (QED) is 0.235. The van der Waals surface area contributed by atoms with E-state index in [0.29, 0.717) is 6.42 Å². The molecule has 0 aliphatic carbocycles. The van der Waals surface area contributed by atoms with Crippen molar-refractivity contribution in [2.24, 2.45) is 11.8 Å². The van der Waals surface area contributed by atoms with Crippen LogP contribution in [0.4, 0.5) is 4.39 Å². The molecule has 10 nitrogen and oxygen atoms in total. The second-order valence-corrected chi connectivity index (χ2v) is 19.3. The van der Waals surface area contributed by atoms with E-state index in [4.69, 9.17) is 23.4 Å². The van der Waals surface area contributed by atoms with E-state index < -0.39 is 73.4 Å². The molecule has 2 aliphatic rings. The van der Waals surface area contributed by atoms with Gasteiger partial charge < -0.3 is 33.4 Å². The minimum Gasteiger partial charge on any atom is -0.456 e. The maximum Gasteiger partial charge on any atom is 0.351 e. The van der Waals surface area contributed by atoms with Gasteiger partial charge in [-0.1, -0.05) is 20.8 Å². The van der Waals surface area contributed by atoms with Crippen LogP contribution in [-0.4, -0.2) is 111 Å². The van der Waals surface area contributed by atoms with Gasteiger partial charge in [0.15, 0.2) is 26.2 Å². The highest BCUT2D eigenvalue weighted by Crippen LogP contribution is 2.39. The van der Waals surface area contributed by atoms with E-state index in [2.05, 4.69) is 24.5 Å². The summed E-state index contributed by atoms with van der Waals surface area (Å²) < 4.78 is 47.5. The van der Waals surface area contributed by atoms with Crippen molar-refractivity contribution in [1.29, 1.82) is 0 Å². The molecule has 1 fully saturated rings. The largest absolute Gasteiger partial charge is 0.456 e. The second kappa shape index (κ2) is 14.7. The number of allylic oxidation sites excluding steroid dienone is 1. The average molecular weight is 660 g/mol. The summed E-state index contributed by atoms with van der Waals surface area (Å²) >= 11 is 0. The van der Waals surface area contributed by atoms with Crippen LogP contribution in [-0.2, 0) is 37.8 Å². The number of alkyl halides is 1. The first kappa shape index (κ1) is 39.6. The number of Topliss-reactive ketones (excluding diaryl/α,β-unsaturated/α-hetero) is 2. The third kappa shape index (κ3) is 9.30. The van der Waals surface area contributed by atoms with Gasteiger partial charge in [0.25, 0.3) is 5.67 Å². The number of esters is 1. The number of carbonyl (C=O) groups excluding carboxylic acids is 3. The lowest BCUT2D eigenvalue weighted by Gasteiger charge is -2.49. The van der Waals surface area contributed by atoms with Crippen molar-refractivity contribution in [3.63, 3.8) is 0 Å². The third-order valence-corrected chi connectivity index (χ3v) is 10.1. The van der Waals surface area contributed by atoms with E-state index in [9.17, 15) is 19.5 Å². The van der Waals surface area contributed by atoms with Gasteiger partial charge in [-0.05, 0) is 99.3 Å². The number of aliphatic hydroxyl groups is 1. The molecule has 2 aliphatic heterocycles. The third-order valence-electron chi connectivity index (χ3n) is 9.13. The Balaban J connectivity index is 2.76. The summed E-state index contributed by atoms with van der Waals surface area (Å²) in [4.78, 5) is 42.9. The maximum absolute atomic E-state index is 16.4. The molecule has 0 aromatic heterocycles. The molecule has 0 saturated carbocycles. The van der Waals surface area contributed by atoms with Gasteiger partial charge in [0.05, 0.1) is 17.8 Å². The monoisotopic (exact) mass is 659 g/mol. The molecule has 0 bridgehead atoms. The van der Waals surface area contributed by atoms with E-state index in [1.54, 1.807) is 27.7 Å². The molecule has 2 heterocycles. The minimum absolute atomic E-state index is 0.0848. The van der Waals surface area contributed by atoms with Crippen LogP contribution in [0.1, 0.15) is 74.7 Å². The van der Waals surface area contributed by atoms with Crippen LogP contribution in [0, 0.1) is 11.8 Å². The van der Waals surface area contributed by atoms with Crippen LogP contribution in [0.25, 0.3) is 0 Å². The molecule has 260 valence electrons.